The second-order valence-electron chi connectivity index (χ2n) is 10.4. The molecular weight excluding hydrogens is 542 g/mol. The molecule has 2 N–H and O–H groups in total. The molecule has 3 aromatic rings. The second kappa shape index (κ2) is 9.57. The van der Waals surface area contributed by atoms with Gasteiger partial charge in [-0.15, -0.1) is 0 Å². The zero-order valence-corrected chi connectivity index (χ0v) is 22.3. The van der Waals surface area contributed by atoms with Gasteiger partial charge in [0.15, 0.2) is 0 Å². The summed E-state index contributed by atoms with van der Waals surface area (Å²) in [6.07, 6.45) is -4.80. The Balaban J connectivity index is 1.55. The highest BCUT2D eigenvalue weighted by Crippen LogP contribution is 2.51. The first kappa shape index (κ1) is 28.1. The predicted molar refractivity (Wildman–Crippen MR) is 141 cm³/mol. The third-order valence-corrected chi connectivity index (χ3v) is 7.53. The molecule has 2 aliphatic rings. The van der Waals surface area contributed by atoms with Crippen molar-refractivity contribution in [2.24, 2.45) is 5.73 Å². The van der Waals surface area contributed by atoms with E-state index in [2.05, 4.69) is 0 Å². The molecule has 2 fully saturated rings. The summed E-state index contributed by atoms with van der Waals surface area (Å²) in [5.74, 6) is -3.26. The fourth-order valence-electron chi connectivity index (χ4n) is 5.37. The Morgan fingerprint density at radius 1 is 1.12 bits per heavy atom. The third kappa shape index (κ3) is 4.57. The highest BCUT2D eigenvalue weighted by atomic mass is 19.4. The monoisotopic (exact) mass is 567 g/mol. The van der Waals surface area contributed by atoms with Crippen LogP contribution in [0.4, 0.5) is 34.6 Å². The molecule has 2 aliphatic heterocycles. The van der Waals surface area contributed by atoms with Gasteiger partial charge in [0.1, 0.15) is 12.4 Å². The van der Waals surface area contributed by atoms with Gasteiger partial charge in [0.05, 0.1) is 34.0 Å². The molecule has 5 rings (SSSR count). The molecule has 2 heterocycles. The van der Waals surface area contributed by atoms with Gasteiger partial charge in [0.25, 0.3) is 11.8 Å². The van der Waals surface area contributed by atoms with Gasteiger partial charge < -0.3 is 15.4 Å². The standard InChI is InChI=1S/C29H25F4N5O3/c1-27(2)26(40)38(20-10-8-17(14-34)22(13-20)29(31,32)33)28(16-41-28)37(27)15-18-6-4-5-7-23(18)36(3)24-11-9-19(30)12-21(24)25(35)39/h4-13H,15-16H2,1-3H3,(H2,35,39). The number of halogens is 4. The topological polar surface area (TPSA) is 106 Å². The molecule has 2 saturated heterocycles. The number of epoxide rings is 1. The zero-order valence-electron chi connectivity index (χ0n) is 22.3. The van der Waals surface area contributed by atoms with Crippen molar-refractivity contribution in [2.75, 3.05) is 23.5 Å². The molecular formula is C29H25F4N5O3. The fraction of sp³-hybridized carbons (Fsp3) is 0.276. The van der Waals surface area contributed by atoms with Crippen molar-refractivity contribution in [2.45, 2.75) is 38.0 Å². The van der Waals surface area contributed by atoms with E-state index in [1.165, 1.54) is 23.1 Å². The van der Waals surface area contributed by atoms with Crippen LogP contribution in [0.25, 0.3) is 0 Å². The lowest BCUT2D eigenvalue weighted by molar-refractivity contribution is -0.137. The molecule has 1 atom stereocenters. The van der Waals surface area contributed by atoms with Gasteiger partial charge in [-0.2, -0.15) is 18.4 Å². The summed E-state index contributed by atoms with van der Waals surface area (Å²) in [4.78, 5) is 30.5. The van der Waals surface area contributed by atoms with Crippen molar-refractivity contribution >= 4 is 28.9 Å². The number of nitrogens with two attached hydrogens (primary N) is 1. The van der Waals surface area contributed by atoms with Crippen LogP contribution >= 0.6 is 0 Å². The number of hydrogen-bond acceptors (Lipinski definition) is 6. The minimum atomic E-state index is -4.80. The van der Waals surface area contributed by atoms with E-state index in [1.807, 2.05) is 6.07 Å². The van der Waals surface area contributed by atoms with Crippen LogP contribution in [0.3, 0.4) is 0 Å². The first-order valence-corrected chi connectivity index (χ1v) is 12.5. The van der Waals surface area contributed by atoms with Gasteiger partial charge in [-0.1, -0.05) is 18.2 Å². The minimum Gasteiger partial charge on any atom is -0.366 e. The lowest BCUT2D eigenvalue weighted by atomic mass is 10.0. The lowest BCUT2D eigenvalue weighted by Gasteiger charge is -2.33. The van der Waals surface area contributed by atoms with Crippen molar-refractivity contribution in [3.63, 3.8) is 0 Å². The highest BCUT2D eigenvalue weighted by Gasteiger charge is 2.70. The number of benzene rings is 3. The van der Waals surface area contributed by atoms with Crippen LogP contribution < -0.4 is 15.5 Å². The van der Waals surface area contributed by atoms with Gasteiger partial charge in [0.2, 0.25) is 5.85 Å². The van der Waals surface area contributed by atoms with E-state index >= 15 is 0 Å². The molecule has 0 bridgehead atoms. The average Bonchev–Trinajstić information content (AvgIpc) is 3.69. The number of para-hydroxylation sites is 1. The number of nitrogens with zero attached hydrogens (tertiary/aromatic N) is 4. The first-order valence-electron chi connectivity index (χ1n) is 12.5. The molecule has 3 aromatic carbocycles. The van der Waals surface area contributed by atoms with Gasteiger partial charge in [-0.3, -0.25) is 14.5 Å². The van der Waals surface area contributed by atoms with Crippen LogP contribution in [-0.4, -0.2) is 41.8 Å². The molecule has 0 aliphatic carbocycles. The van der Waals surface area contributed by atoms with E-state index in [9.17, 15) is 32.4 Å². The SMILES string of the molecule is CN(c1ccccc1CN1C(C)(C)C(=O)N(c2ccc(C#N)c(C(F)(F)F)c2)C12CO2)c1ccc(F)cc1C(N)=O. The van der Waals surface area contributed by atoms with E-state index in [0.717, 1.165) is 18.2 Å². The van der Waals surface area contributed by atoms with Crippen LogP contribution in [0.5, 0.6) is 0 Å². The molecule has 1 spiro atoms. The summed E-state index contributed by atoms with van der Waals surface area (Å²) in [6.45, 7) is 3.49. The van der Waals surface area contributed by atoms with Gasteiger partial charge in [-0.25, -0.2) is 9.29 Å². The second-order valence-corrected chi connectivity index (χ2v) is 10.4. The normalized spacial score (nSPS) is 19.9. The Morgan fingerprint density at radius 2 is 1.80 bits per heavy atom. The summed E-state index contributed by atoms with van der Waals surface area (Å²) in [5, 5.41) is 9.20. The molecule has 1 unspecified atom stereocenters. The van der Waals surface area contributed by atoms with Gasteiger partial charge in [0, 0.05) is 25.0 Å². The Labute approximate surface area is 233 Å². The molecule has 0 radical (unpaired) electrons. The zero-order chi connectivity index (χ0) is 29.9. The molecule has 2 amide bonds. The van der Waals surface area contributed by atoms with Crippen LogP contribution in [-0.2, 0) is 22.3 Å². The number of nitriles is 1. The van der Waals surface area contributed by atoms with Crippen molar-refractivity contribution < 1.29 is 31.9 Å². The van der Waals surface area contributed by atoms with Crippen LogP contribution in [0.15, 0.2) is 60.7 Å². The molecule has 8 nitrogen and oxygen atoms in total. The average molecular weight is 568 g/mol. The number of amides is 2. The Hall–Kier alpha value is -4.47. The Morgan fingerprint density at radius 3 is 2.41 bits per heavy atom. The first-order chi connectivity index (χ1) is 19.2. The van der Waals surface area contributed by atoms with E-state index in [-0.39, 0.29) is 24.4 Å². The molecule has 0 aromatic heterocycles. The molecule has 0 saturated carbocycles. The smallest absolute Gasteiger partial charge is 0.366 e. The van der Waals surface area contributed by atoms with E-state index < -0.39 is 46.3 Å². The largest absolute Gasteiger partial charge is 0.417 e. The summed E-state index contributed by atoms with van der Waals surface area (Å²) in [6, 6.07) is 15.5. The van der Waals surface area contributed by atoms with Gasteiger partial charge in [-0.05, 0) is 61.9 Å². The van der Waals surface area contributed by atoms with Crippen LogP contribution in [0, 0.1) is 17.1 Å². The Bertz CT molecular complexity index is 1610. The number of primary amides is 1. The maximum Gasteiger partial charge on any atom is 0.417 e. The molecule has 41 heavy (non-hydrogen) atoms. The summed E-state index contributed by atoms with van der Waals surface area (Å²) >= 11 is 0. The van der Waals surface area contributed by atoms with E-state index in [4.69, 9.17) is 10.5 Å². The quantitative estimate of drug-likeness (QED) is 0.336. The highest BCUT2D eigenvalue weighted by molar-refractivity contribution is 6.04. The number of rotatable bonds is 6. The number of hydrogen-bond donors (Lipinski definition) is 1. The fourth-order valence-corrected chi connectivity index (χ4v) is 5.37. The number of carbonyl (C=O) groups excluding carboxylic acids is 2. The molecule has 12 heteroatoms. The predicted octanol–water partition coefficient (Wildman–Crippen LogP) is 4.89. The number of carbonyl (C=O) groups is 2. The number of anilines is 3. The van der Waals surface area contributed by atoms with Crippen LogP contribution in [0.1, 0.15) is 40.9 Å². The van der Waals surface area contributed by atoms with Crippen molar-refractivity contribution in [3.05, 3.63) is 88.7 Å². The third-order valence-electron chi connectivity index (χ3n) is 7.53. The maximum absolute atomic E-state index is 13.9. The lowest BCUT2D eigenvalue weighted by Crippen LogP contribution is -2.47. The summed E-state index contributed by atoms with van der Waals surface area (Å²) in [7, 11) is 1.68. The summed E-state index contributed by atoms with van der Waals surface area (Å²) < 4.78 is 60.9. The van der Waals surface area contributed by atoms with Crippen LogP contribution in [0.2, 0.25) is 0 Å². The molecule has 212 valence electrons. The van der Waals surface area contributed by atoms with Crippen molar-refractivity contribution in [1.82, 2.24) is 4.90 Å². The maximum atomic E-state index is 13.9. The van der Waals surface area contributed by atoms with Crippen molar-refractivity contribution in [3.8, 4) is 6.07 Å². The number of ether oxygens (including phenoxy) is 1. The van der Waals surface area contributed by atoms with Gasteiger partial charge >= 0.3 is 6.18 Å². The summed E-state index contributed by atoms with van der Waals surface area (Å²) in [5.41, 5.74) is 4.21. The van der Waals surface area contributed by atoms with E-state index in [0.29, 0.717) is 16.9 Å². The minimum absolute atomic E-state index is 0.0200. The number of alkyl halides is 3. The van der Waals surface area contributed by atoms with Crippen molar-refractivity contribution in [1.29, 1.82) is 5.26 Å². The Kier molecular flexibility index (Phi) is 6.55. The van der Waals surface area contributed by atoms with E-state index in [1.54, 1.807) is 55.0 Å².